The number of ether oxygens (including phenoxy) is 2. The predicted octanol–water partition coefficient (Wildman–Crippen LogP) is 5.44. The number of aromatic amines is 2. The van der Waals surface area contributed by atoms with Crippen LogP contribution < -0.4 is 10.6 Å². The predicted molar refractivity (Wildman–Crippen MR) is 202 cm³/mol. The first-order valence-corrected chi connectivity index (χ1v) is 18.5. The van der Waals surface area contributed by atoms with Crippen LogP contribution in [-0.2, 0) is 19.1 Å². The van der Waals surface area contributed by atoms with E-state index in [0.29, 0.717) is 37.6 Å². The fourth-order valence-corrected chi connectivity index (χ4v) is 7.21. The number of imidazole rings is 2. The molecule has 0 bridgehead atoms. The van der Waals surface area contributed by atoms with E-state index in [2.05, 4.69) is 59.3 Å². The number of amides is 4. The standard InChI is InChI=1S/C40H48N8O6/c1-24(2)35(46-40(52)54-5)38(50)48-17-7-9-33(48)36-41-22-30(44-36)15-11-26-10-12-28-20-29(14-13-27(28)19-26)31-23-42-37(45-31)32-8-6-16-47(32)34(49)18-25(3)21-43-39(51)53-4/h10,12-14,19-20,22-25,32-33,35H,6-9,16-18,21H2,1-5H3,(H,41,44)(H,42,45)(H,43,51)(H,46,52). The number of benzene rings is 2. The molecule has 0 aliphatic carbocycles. The van der Waals surface area contributed by atoms with E-state index in [1.54, 1.807) is 11.1 Å². The zero-order valence-corrected chi connectivity index (χ0v) is 31.4. The molecular formula is C40H48N8O6. The first kappa shape index (κ1) is 37.9. The van der Waals surface area contributed by atoms with Gasteiger partial charge in [-0.3, -0.25) is 9.59 Å². The summed E-state index contributed by atoms with van der Waals surface area (Å²) in [5.41, 5.74) is 3.37. The monoisotopic (exact) mass is 736 g/mol. The minimum atomic E-state index is -0.696. The molecule has 0 spiro atoms. The summed E-state index contributed by atoms with van der Waals surface area (Å²) in [4.78, 5) is 69.7. The van der Waals surface area contributed by atoms with Crippen molar-refractivity contribution < 1.29 is 28.7 Å². The van der Waals surface area contributed by atoms with E-state index in [-0.39, 0.29) is 35.7 Å². The number of H-pyrrole nitrogens is 2. The molecule has 6 rings (SSSR count). The summed E-state index contributed by atoms with van der Waals surface area (Å²) in [6.45, 7) is 7.34. The van der Waals surface area contributed by atoms with E-state index in [4.69, 9.17) is 4.74 Å². The van der Waals surface area contributed by atoms with Gasteiger partial charge in [-0.2, -0.15) is 0 Å². The van der Waals surface area contributed by atoms with Gasteiger partial charge in [0.15, 0.2) is 0 Å². The molecule has 54 heavy (non-hydrogen) atoms. The molecule has 0 saturated carbocycles. The lowest BCUT2D eigenvalue weighted by Gasteiger charge is -2.29. The zero-order valence-electron chi connectivity index (χ0n) is 31.4. The Morgan fingerprint density at radius 1 is 0.852 bits per heavy atom. The number of aromatic nitrogens is 4. The number of carbonyl (C=O) groups is 4. The van der Waals surface area contributed by atoms with Crippen molar-refractivity contribution in [2.24, 2.45) is 11.8 Å². The Morgan fingerprint density at radius 2 is 1.52 bits per heavy atom. The Kier molecular flexibility index (Phi) is 11.8. The second-order valence-corrected chi connectivity index (χ2v) is 14.4. The molecule has 4 atom stereocenters. The zero-order chi connectivity index (χ0) is 38.4. The lowest BCUT2D eigenvalue weighted by atomic mass is 10.0. The Morgan fingerprint density at radius 3 is 2.26 bits per heavy atom. The van der Waals surface area contributed by atoms with Crippen LogP contribution in [0.25, 0.3) is 22.0 Å². The third kappa shape index (κ3) is 8.68. The largest absolute Gasteiger partial charge is 0.453 e. The van der Waals surface area contributed by atoms with E-state index in [1.807, 2.05) is 56.1 Å². The lowest BCUT2D eigenvalue weighted by Crippen LogP contribution is -2.51. The minimum absolute atomic E-state index is 0.0260. The van der Waals surface area contributed by atoms with Gasteiger partial charge >= 0.3 is 12.2 Å². The average Bonchev–Trinajstić information content (AvgIpc) is 4.01. The smallest absolute Gasteiger partial charge is 0.407 e. The van der Waals surface area contributed by atoms with Crippen LogP contribution >= 0.6 is 0 Å². The highest BCUT2D eigenvalue weighted by atomic mass is 16.5. The Labute approximate surface area is 314 Å². The molecule has 4 amide bonds. The maximum atomic E-state index is 13.5. The Hall–Kier alpha value is -5.84. The number of hydrogen-bond acceptors (Lipinski definition) is 8. The summed E-state index contributed by atoms with van der Waals surface area (Å²) in [5, 5.41) is 7.43. The van der Waals surface area contributed by atoms with E-state index in [0.717, 1.165) is 59.1 Å². The third-order valence-corrected chi connectivity index (χ3v) is 10.1. The highest BCUT2D eigenvalue weighted by Crippen LogP contribution is 2.34. The van der Waals surface area contributed by atoms with Gasteiger partial charge in [0.05, 0.1) is 44.4 Å². The number of nitrogens with one attached hydrogen (secondary N) is 4. The molecule has 2 aliphatic heterocycles. The fourth-order valence-electron chi connectivity index (χ4n) is 7.21. The summed E-state index contributed by atoms with van der Waals surface area (Å²) in [7, 11) is 2.60. The number of likely N-dealkylation sites (tertiary alicyclic amines) is 2. The van der Waals surface area contributed by atoms with Gasteiger partial charge in [-0.25, -0.2) is 19.6 Å². The normalized spacial score (nSPS) is 17.9. The van der Waals surface area contributed by atoms with Crippen molar-refractivity contribution >= 4 is 34.8 Å². The maximum Gasteiger partial charge on any atom is 0.407 e. The van der Waals surface area contributed by atoms with E-state index in [9.17, 15) is 19.2 Å². The first-order valence-electron chi connectivity index (χ1n) is 18.5. The first-order chi connectivity index (χ1) is 26.0. The second kappa shape index (κ2) is 16.9. The van der Waals surface area contributed by atoms with Crippen LogP contribution in [0.3, 0.4) is 0 Å². The van der Waals surface area contributed by atoms with Crippen molar-refractivity contribution in [1.29, 1.82) is 0 Å². The molecule has 284 valence electrons. The number of carbonyl (C=O) groups excluding carboxylic acids is 4. The van der Waals surface area contributed by atoms with Crippen molar-refractivity contribution in [2.75, 3.05) is 33.9 Å². The van der Waals surface area contributed by atoms with Crippen molar-refractivity contribution in [3.63, 3.8) is 0 Å². The van der Waals surface area contributed by atoms with Crippen molar-refractivity contribution in [2.45, 2.75) is 71.0 Å². The lowest BCUT2D eigenvalue weighted by molar-refractivity contribution is -0.135. The van der Waals surface area contributed by atoms with Gasteiger partial charge in [-0.15, -0.1) is 0 Å². The van der Waals surface area contributed by atoms with Crippen LogP contribution in [0.4, 0.5) is 9.59 Å². The molecule has 2 aliphatic rings. The SMILES string of the molecule is COC(=O)NCC(C)CC(=O)N1CCCC1c1ncc(-c2ccc3cc(C#Cc4cnc(C5CCCN5C(=O)C(NC(=O)OC)C(C)C)[nH]4)ccc3c2)[nH]1. The van der Waals surface area contributed by atoms with E-state index in [1.165, 1.54) is 14.2 Å². The maximum absolute atomic E-state index is 13.5. The highest BCUT2D eigenvalue weighted by molar-refractivity contribution is 5.88. The molecular weight excluding hydrogens is 688 g/mol. The van der Waals surface area contributed by atoms with Crippen LogP contribution in [0.2, 0.25) is 0 Å². The van der Waals surface area contributed by atoms with Crippen LogP contribution in [0.5, 0.6) is 0 Å². The third-order valence-electron chi connectivity index (χ3n) is 10.1. The summed E-state index contributed by atoms with van der Waals surface area (Å²) in [6.07, 6.45) is 6.04. The van der Waals surface area contributed by atoms with Gasteiger partial charge in [-0.1, -0.05) is 44.9 Å². The molecule has 4 heterocycles. The van der Waals surface area contributed by atoms with E-state index < -0.39 is 18.2 Å². The van der Waals surface area contributed by atoms with E-state index >= 15 is 0 Å². The van der Waals surface area contributed by atoms with Crippen molar-refractivity contribution in [3.8, 4) is 23.1 Å². The number of hydrogen-bond donors (Lipinski definition) is 4. The van der Waals surface area contributed by atoms with Crippen molar-refractivity contribution in [1.82, 2.24) is 40.4 Å². The summed E-state index contributed by atoms with van der Waals surface area (Å²) < 4.78 is 9.37. The second-order valence-electron chi connectivity index (χ2n) is 14.4. The van der Waals surface area contributed by atoms with Crippen LogP contribution in [0, 0.1) is 23.7 Å². The van der Waals surface area contributed by atoms with Crippen molar-refractivity contribution in [3.05, 3.63) is 71.7 Å². The summed E-state index contributed by atoms with van der Waals surface area (Å²) in [5.74, 6) is 7.61. The molecule has 2 saturated heterocycles. The quantitative estimate of drug-likeness (QED) is 0.156. The van der Waals surface area contributed by atoms with Crippen LogP contribution in [0.1, 0.15) is 87.9 Å². The van der Waals surface area contributed by atoms with Gasteiger partial charge in [0.1, 0.15) is 23.4 Å². The number of nitrogens with zero attached hydrogens (tertiary/aromatic N) is 4. The van der Waals surface area contributed by atoms with Crippen LogP contribution in [-0.4, -0.2) is 93.6 Å². The fraction of sp³-hybridized carbons (Fsp3) is 0.450. The Balaban J connectivity index is 1.10. The number of alkyl carbamates (subject to hydrolysis) is 2. The number of fused-ring (bicyclic) bond motifs is 1. The van der Waals surface area contributed by atoms with Gasteiger partial charge in [0, 0.05) is 37.2 Å². The molecule has 4 N–H and O–H groups in total. The number of methoxy groups -OCH3 is 2. The molecule has 14 nitrogen and oxygen atoms in total. The molecule has 4 unspecified atom stereocenters. The van der Waals surface area contributed by atoms with Crippen LogP contribution in [0.15, 0.2) is 48.8 Å². The summed E-state index contributed by atoms with van der Waals surface area (Å²) >= 11 is 0. The van der Waals surface area contributed by atoms with Gasteiger partial charge in [0.2, 0.25) is 11.8 Å². The molecule has 0 radical (unpaired) electrons. The molecule has 2 fully saturated rings. The van der Waals surface area contributed by atoms with Gasteiger partial charge in [-0.05, 0) is 72.4 Å². The highest BCUT2D eigenvalue weighted by Gasteiger charge is 2.37. The average molecular weight is 737 g/mol. The Bertz CT molecular complexity index is 2060. The summed E-state index contributed by atoms with van der Waals surface area (Å²) in [6, 6.07) is 11.2. The van der Waals surface area contributed by atoms with Gasteiger partial charge in [0.25, 0.3) is 0 Å². The minimum Gasteiger partial charge on any atom is -0.453 e. The molecule has 2 aromatic heterocycles. The molecule has 14 heteroatoms. The topological polar surface area (TPSA) is 175 Å². The molecule has 4 aromatic rings. The number of rotatable bonds is 10. The molecule has 2 aromatic carbocycles. The van der Waals surface area contributed by atoms with Gasteiger partial charge < -0.3 is 39.9 Å².